The highest BCUT2D eigenvalue weighted by molar-refractivity contribution is 6.32. The molecule has 0 radical (unpaired) electrons. The number of rotatable bonds is 3. The fraction of sp³-hybridized carbons (Fsp3) is 0. The largest absolute Gasteiger partial charge is 0.456 e. The van der Waals surface area contributed by atoms with Crippen molar-refractivity contribution in [3.63, 3.8) is 0 Å². The molecule has 0 bridgehead atoms. The zero-order valence-electron chi connectivity index (χ0n) is 9.06. The van der Waals surface area contributed by atoms with Crippen molar-refractivity contribution in [2.45, 2.75) is 0 Å². The van der Waals surface area contributed by atoms with Crippen molar-refractivity contribution in [1.82, 2.24) is 0 Å². The van der Waals surface area contributed by atoms with E-state index in [1.807, 2.05) is 0 Å². The minimum atomic E-state index is -0.367. The summed E-state index contributed by atoms with van der Waals surface area (Å²) in [5, 5.41) is 2.92. The topological polar surface area (TPSA) is 64.7 Å². The van der Waals surface area contributed by atoms with Crippen LogP contribution in [0.2, 0.25) is 5.02 Å². The van der Waals surface area contributed by atoms with E-state index in [1.54, 1.807) is 0 Å². The first-order valence-electron chi connectivity index (χ1n) is 4.96. The first kappa shape index (κ1) is 12.3. The molecule has 0 atom stereocenters. The van der Waals surface area contributed by atoms with Crippen LogP contribution in [0.4, 0.5) is 15.8 Å². The van der Waals surface area contributed by atoms with Crippen LogP contribution in [-0.4, -0.2) is 0 Å². The van der Waals surface area contributed by atoms with Gasteiger partial charge in [-0.3, -0.25) is 0 Å². The molecule has 0 aliphatic carbocycles. The van der Waals surface area contributed by atoms with Crippen LogP contribution in [-0.2, 0) is 0 Å². The van der Waals surface area contributed by atoms with Crippen LogP contribution in [0.5, 0.6) is 11.5 Å². The number of benzene rings is 2. The molecule has 0 heterocycles. The van der Waals surface area contributed by atoms with E-state index < -0.39 is 0 Å². The van der Waals surface area contributed by atoms with Gasteiger partial charge in [0.1, 0.15) is 23.0 Å². The predicted octanol–water partition coefficient (Wildman–Crippen LogP) is 4.25. The van der Waals surface area contributed by atoms with Gasteiger partial charge < -0.3 is 10.5 Å². The first-order chi connectivity index (χ1) is 8.60. The van der Waals surface area contributed by atoms with Gasteiger partial charge in [-0.05, 0) is 35.5 Å². The third-order valence-electron chi connectivity index (χ3n) is 2.22. The van der Waals surface area contributed by atoms with Gasteiger partial charge in [0.25, 0.3) is 0 Å². The molecular formula is C12H8ClFN2O2. The Labute approximate surface area is 107 Å². The quantitative estimate of drug-likeness (QED) is 0.667. The maximum Gasteiger partial charge on any atom is 0.148 e. The second kappa shape index (κ2) is 5.01. The summed E-state index contributed by atoms with van der Waals surface area (Å²) in [7, 11) is 0. The Morgan fingerprint density at radius 3 is 2.50 bits per heavy atom. The van der Waals surface area contributed by atoms with Crippen LogP contribution in [0.25, 0.3) is 0 Å². The van der Waals surface area contributed by atoms with Gasteiger partial charge in [0, 0.05) is 6.07 Å². The number of nitrogens with zero attached hydrogens (tertiary/aromatic N) is 1. The van der Waals surface area contributed by atoms with Gasteiger partial charge in [0.15, 0.2) is 0 Å². The standard InChI is InChI=1S/C12H8ClFN2O2/c13-9-5-11(16-17)10(15)6-12(9)18-8-3-1-7(14)2-4-8/h1-6H,15H2. The van der Waals surface area contributed by atoms with Crippen LogP contribution < -0.4 is 10.5 Å². The molecule has 18 heavy (non-hydrogen) atoms. The Hall–Kier alpha value is -2.14. The van der Waals surface area contributed by atoms with Crippen LogP contribution >= 0.6 is 11.6 Å². The summed E-state index contributed by atoms with van der Waals surface area (Å²) in [5.74, 6) is 0.311. The van der Waals surface area contributed by atoms with Crippen LogP contribution in [0, 0.1) is 10.7 Å². The molecule has 0 unspecified atom stereocenters. The van der Waals surface area contributed by atoms with E-state index in [4.69, 9.17) is 22.1 Å². The van der Waals surface area contributed by atoms with Crippen molar-refractivity contribution in [2.75, 3.05) is 5.73 Å². The summed E-state index contributed by atoms with van der Waals surface area (Å²) in [4.78, 5) is 10.4. The molecule has 6 heteroatoms. The SMILES string of the molecule is Nc1cc(Oc2ccc(F)cc2)c(Cl)cc1N=O. The summed E-state index contributed by atoms with van der Waals surface area (Å²) >= 11 is 5.91. The summed E-state index contributed by atoms with van der Waals surface area (Å²) in [5.41, 5.74) is 5.79. The van der Waals surface area contributed by atoms with Crippen LogP contribution in [0.1, 0.15) is 0 Å². The van der Waals surface area contributed by atoms with Gasteiger partial charge in [-0.25, -0.2) is 4.39 Å². The zero-order valence-corrected chi connectivity index (χ0v) is 9.82. The molecule has 2 aromatic rings. The number of nitrogens with two attached hydrogens (primary N) is 1. The van der Waals surface area contributed by atoms with E-state index in [-0.39, 0.29) is 28.0 Å². The lowest BCUT2D eigenvalue weighted by atomic mass is 10.2. The van der Waals surface area contributed by atoms with E-state index in [0.29, 0.717) is 5.75 Å². The normalized spacial score (nSPS) is 10.1. The molecule has 0 spiro atoms. The fourth-order valence-corrected chi connectivity index (χ4v) is 1.54. The molecule has 4 nitrogen and oxygen atoms in total. The molecule has 92 valence electrons. The van der Waals surface area contributed by atoms with Crippen molar-refractivity contribution in [2.24, 2.45) is 5.18 Å². The lowest BCUT2D eigenvalue weighted by Gasteiger charge is -2.09. The number of halogens is 2. The Balaban J connectivity index is 2.32. The summed E-state index contributed by atoms with van der Waals surface area (Å²) in [6, 6.07) is 8.12. The van der Waals surface area contributed by atoms with E-state index in [9.17, 15) is 9.30 Å². The third kappa shape index (κ3) is 2.57. The Kier molecular flexibility index (Phi) is 3.43. The lowest BCUT2D eigenvalue weighted by Crippen LogP contribution is -1.90. The van der Waals surface area contributed by atoms with E-state index in [2.05, 4.69) is 5.18 Å². The molecule has 2 rings (SSSR count). The van der Waals surface area contributed by atoms with Crippen LogP contribution in [0.3, 0.4) is 0 Å². The second-order valence-electron chi connectivity index (χ2n) is 3.49. The van der Waals surface area contributed by atoms with E-state index >= 15 is 0 Å². The Morgan fingerprint density at radius 2 is 1.89 bits per heavy atom. The third-order valence-corrected chi connectivity index (χ3v) is 2.52. The highest BCUT2D eigenvalue weighted by Crippen LogP contribution is 2.36. The Morgan fingerprint density at radius 1 is 1.22 bits per heavy atom. The minimum absolute atomic E-state index is 0.0476. The van der Waals surface area contributed by atoms with Gasteiger partial charge in [0.2, 0.25) is 0 Å². The smallest absolute Gasteiger partial charge is 0.148 e. The van der Waals surface area contributed by atoms with Crippen LogP contribution in [0.15, 0.2) is 41.6 Å². The predicted molar refractivity (Wildman–Crippen MR) is 67.8 cm³/mol. The van der Waals surface area contributed by atoms with Gasteiger partial charge in [-0.15, -0.1) is 4.91 Å². The number of nitrogen functional groups attached to an aromatic ring is 1. The van der Waals surface area contributed by atoms with E-state index in [0.717, 1.165) is 0 Å². The maximum atomic E-state index is 12.7. The molecule has 0 aliphatic rings. The number of nitroso groups, excluding NO2 is 1. The van der Waals surface area contributed by atoms with Crippen molar-refractivity contribution >= 4 is 23.0 Å². The number of ether oxygens (including phenoxy) is 1. The molecular weight excluding hydrogens is 259 g/mol. The molecule has 0 saturated heterocycles. The average Bonchev–Trinajstić information content (AvgIpc) is 2.36. The average molecular weight is 267 g/mol. The zero-order chi connectivity index (χ0) is 13.1. The highest BCUT2D eigenvalue weighted by Gasteiger charge is 2.09. The number of hydrogen-bond acceptors (Lipinski definition) is 4. The summed E-state index contributed by atoms with van der Waals surface area (Å²) in [6.45, 7) is 0. The molecule has 0 aliphatic heterocycles. The first-order valence-corrected chi connectivity index (χ1v) is 5.34. The fourth-order valence-electron chi connectivity index (χ4n) is 1.35. The molecule has 2 N–H and O–H groups in total. The van der Waals surface area contributed by atoms with Crippen molar-refractivity contribution in [1.29, 1.82) is 0 Å². The Bertz CT molecular complexity index is 587. The van der Waals surface area contributed by atoms with Crippen molar-refractivity contribution < 1.29 is 9.13 Å². The monoisotopic (exact) mass is 266 g/mol. The number of hydrogen-bond donors (Lipinski definition) is 1. The number of anilines is 1. The molecule has 0 amide bonds. The lowest BCUT2D eigenvalue weighted by molar-refractivity contribution is 0.481. The molecule has 2 aromatic carbocycles. The molecule has 0 aromatic heterocycles. The van der Waals surface area contributed by atoms with Crippen molar-refractivity contribution in [3.05, 3.63) is 52.1 Å². The maximum absolute atomic E-state index is 12.7. The molecule has 0 saturated carbocycles. The van der Waals surface area contributed by atoms with E-state index in [1.165, 1.54) is 36.4 Å². The van der Waals surface area contributed by atoms with Gasteiger partial charge >= 0.3 is 0 Å². The van der Waals surface area contributed by atoms with Gasteiger partial charge in [-0.2, -0.15) is 0 Å². The second-order valence-corrected chi connectivity index (χ2v) is 3.90. The summed E-state index contributed by atoms with van der Waals surface area (Å²) < 4.78 is 18.1. The molecule has 0 fully saturated rings. The minimum Gasteiger partial charge on any atom is -0.456 e. The van der Waals surface area contributed by atoms with Gasteiger partial charge in [0.05, 0.1) is 10.7 Å². The van der Waals surface area contributed by atoms with Crippen molar-refractivity contribution in [3.8, 4) is 11.5 Å². The summed E-state index contributed by atoms with van der Waals surface area (Å²) in [6.07, 6.45) is 0. The van der Waals surface area contributed by atoms with Gasteiger partial charge in [-0.1, -0.05) is 11.6 Å². The highest BCUT2D eigenvalue weighted by atomic mass is 35.5.